The van der Waals surface area contributed by atoms with Crippen LogP contribution in [-0.4, -0.2) is 40.7 Å². The van der Waals surface area contributed by atoms with Gasteiger partial charge in [-0.3, -0.25) is 4.79 Å². The number of ether oxygens (including phenoxy) is 1. The minimum Gasteiger partial charge on any atom is -0.497 e. The second kappa shape index (κ2) is 5.85. The fraction of sp³-hybridized carbons (Fsp3) is 0.353. The summed E-state index contributed by atoms with van der Waals surface area (Å²) in [6.07, 6.45) is 1.80. The molecule has 1 saturated heterocycles. The average Bonchev–Trinajstić information content (AvgIpc) is 3.12. The van der Waals surface area contributed by atoms with Crippen molar-refractivity contribution in [3.63, 3.8) is 0 Å². The summed E-state index contributed by atoms with van der Waals surface area (Å²) in [6.45, 7) is 2.25. The SMILES string of the molecule is COc1cccc(C2CC(O)CN2C(=O)c2[nH]ccc2C)c1. The third-order valence-electron chi connectivity index (χ3n) is 4.19. The molecule has 1 amide bonds. The van der Waals surface area contributed by atoms with Gasteiger partial charge in [0, 0.05) is 12.7 Å². The Hall–Kier alpha value is -2.27. The molecule has 2 atom stereocenters. The van der Waals surface area contributed by atoms with Gasteiger partial charge in [-0.2, -0.15) is 0 Å². The molecule has 2 aromatic rings. The van der Waals surface area contributed by atoms with E-state index in [-0.39, 0.29) is 11.9 Å². The number of aliphatic hydroxyl groups excluding tert-OH is 1. The molecule has 0 aliphatic carbocycles. The number of rotatable bonds is 3. The van der Waals surface area contributed by atoms with Crippen molar-refractivity contribution in [2.75, 3.05) is 13.7 Å². The summed E-state index contributed by atoms with van der Waals surface area (Å²) in [5.74, 6) is 0.675. The predicted molar refractivity (Wildman–Crippen MR) is 82.9 cm³/mol. The average molecular weight is 300 g/mol. The van der Waals surface area contributed by atoms with Crippen LogP contribution in [0.25, 0.3) is 0 Å². The number of β-amino-alcohol motifs (C(OH)–C–C–N with tert-alkyl or cyclic N) is 1. The zero-order valence-electron chi connectivity index (χ0n) is 12.7. The molecule has 5 heteroatoms. The van der Waals surface area contributed by atoms with Gasteiger partial charge in [0.05, 0.1) is 19.3 Å². The zero-order valence-corrected chi connectivity index (χ0v) is 12.7. The minimum absolute atomic E-state index is 0.0770. The van der Waals surface area contributed by atoms with Crippen LogP contribution in [0.4, 0.5) is 0 Å². The van der Waals surface area contributed by atoms with Crippen molar-refractivity contribution in [1.29, 1.82) is 0 Å². The number of aryl methyl sites for hydroxylation is 1. The van der Waals surface area contributed by atoms with Crippen molar-refractivity contribution in [1.82, 2.24) is 9.88 Å². The summed E-state index contributed by atoms with van der Waals surface area (Å²) < 4.78 is 5.26. The van der Waals surface area contributed by atoms with E-state index < -0.39 is 6.10 Å². The van der Waals surface area contributed by atoms with Crippen molar-refractivity contribution in [2.45, 2.75) is 25.5 Å². The van der Waals surface area contributed by atoms with Crippen molar-refractivity contribution >= 4 is 5.91 Å². The van der Waals surface area contributed by atoms with E-state index in [1.165, 1.54) is 0 Å². The first kappa shape index (κ1) is 14.7. The number of nitrogens with one attached hydrogen (secondary N) is 1. The van der Waals surface area contributed by atoms with Gasteiger partial charge in [0.15, 0.2) is 0 Å². The molecule has 2 N–H and O–H groups in total. The standard InChI is InChI=1S/C17H20N2O3/c1-11-6-7-18-16(11)17(21)19-10-13(20)9-15(19)12-4-3-5-14(8-12)22-2/h3-8,13,15,18,20H,9-10H2,1-2H3. The Bertz CT molecular complexity index is 680. The number of aliphatic hydroxyl groups is 1. The number of carbonyl (C=O) groups excluding carboxylic acids is 1. The van der Waals surface area contributed by atoms with Crippen LogP contribution in [0.1, 0.15) is 34.1 Å². The van der Waals surface area contributed by atoms with E-state index in [4.69, 9.17) is 4.74 Å². The van der Waals surface area contributed by atoms with Crippen LogP contribution in [-0.2, 0) is 0 Å². The van der Waals surface area contributed by atoms with Gasteiger partial charge in [0.2, 0.25) is 0 Å². The van der Waals surface area contributed by atoms with E-state index in [0.717, 1.165) is 16.9 Å². The summed E-state index contributed by atoms with van der Waals surface area (Å²) in [4.78, 5) is 17.5. The molecule has 1 aromatic carbocycles. The molecule has 0 radical (unpaired) electrons. The molecule has 2 heterocycles. The summed E-state index contributed by atoms with van der Waals surface area (Å²) in [5.41, 5.74) is 2.48. The Kier molecular flexibility index (Phi) is 3.90. The largest absolute Gasteiger partial charge is 0.497 e. The molecular weight excluding hydrogens is 280 g/mol. The molecule has 2 unspecified atom stereocenters. The molecule has 0 saturated carbocycles. The van der Waals surface area contributed by atoms with Crippen LogP contribution in [0, 0.1) is 6.92 Å². The number of aromatic nitrogens is 1. The Balaban J connectivity index is 1.92. The number of likely N-dealkylation sites (tertiary alicyclic amines) is 1. The van der Waals surface area contributed by atoms with Crippen LogP contribution < -0.4 is 4.74 Å². The van der Waals surface area contributed by atoms with Crippen LogP contribution in [0.15, 0.2) is 36.5 Å². The topological polar surface area (TPSA) is 65.6 Å². The number of carbonyl (C=O) groups is 1. The quantitative estimate of drug-likeness (QED) is 0.914. The van der Waals surface area contributed by atoms with Gasteiger partial charge in [0.1, 0.15) is 11.4 Å². The van der Waals surface area contributed by atoms with Crippen molar-refractivity contribution < 1.29 is 14.6 Å². The highest BCUT2D eigenvalue weighted by Crippen LogP contribution is 2.34. The van der Waals surface area contributed by atoms with E-state index in [9.17, 15) is 9.90 Å². The van der Waals surface area contributed by atoms with Gasteiger partial charge in [-0.05, 0) is 42.7 Å². The Morgan fingerprint density at radius 1 is 1.41 bits per heavy atom. The molecule has 5 nitrogen and oxygen atoms in total. The lowest BCUT2D eigenvalue weighted by Crippen LogP contribution is -2.32. The maximum absolute atomic E-state index is 12.8. The first-order valence-corrected chi connectivity index (χ1v) is 7.37. The zero-order chi connectivity index (χ0) is 15.7. The molecule has 1 aliphatic heterocycles. The second-order valence-electron chi connectivity index (χ2n) is 5.68. The molecule has 0 bridgehead atoms. The van der Waals surface area contributed by atoms with Gasteiger partial charge < -0.3 is 19.7 Å². The van der Waals surface area contributed by atoms with Crippen LogP contribution in [0.5, 0.6) is 5.75 Å². The van der Waals surface area contributed by atoms with Crippen LogP contribution in [0.3, 0.4) is 0 Å². The predicted octanol–water partition coefficient (Wildman–Crippen LogP) is 2.28. The van der Waals surface area contributed by atoms with Gasteiger partial charge in [0.25, 0.3) is 5.91 Å². The summed E-state index contributed by atoms with van der Waals surface area (Å²) in [5, 5.41) is 10.0. The third-order valence-corrected chi connectivity index (χ3v) is 4.19. The van der Waals surface area contributed by atoms with Crippen molar-refractivity contribution in [3.8, 4) is 5.75 Å². The first-order valence-electron chi connectivity index (χ1n) is 7.37. The lowest BCUT2D eigenvalue weighted by atomic mass is 10.0. The minimum atomic E-state index is -0.504. The van der Waals surface area contributed by atoms with E-state index in [2.05, 4.69) is 4.98 Å². The number of hydrogen-bond donors (Lipinski definition) is 2. The Labute approximate surface area is 129 Å². The lowest BCUT2D eigenvalue weighted by Gasteiger charge is -2.25. The summed E-state index contributed by atoms with van der Waals surface area (Å²) in [6, 6.07) is 9.40. The lowest BCUT2D eigenvalue weighted by molar-refractivity contribution is 0.0709. The highest BCUT2D eigenvalue weighted by molar-refractivity contribution is 5.94. The Morgan fingerprint density at radius 2 is 2.23 bits per heavy atom. The second-order valence-corrected chi connectivity index (χ2v) is 5.68. The van der Waals surface area contributed by atoms with Gasteiger partial charge in [-0.1, -0.05) is 12.1 Å². The number of methoxy groups -OCH3 is 1. The van der Waals surface area contributed by atoms with Crippen molar-refractivity contribution in [2.24, 2.45) is 0 Å². The maximum Gasteiger partial charge on any atom is 0.271 e. The molecule has 22 heavy (non-hydrogen) atoms. The van der Waals surface area contributed by atoms with Crippen LogP contribution in [0.2, 0.25) is 0 Å². The number of hydrogen-bond acceptors (Lipinski definition) is 3. The number of aromatic amines is 1. The normalized spacial score (nSPS) is 21.1. The third kappa shape index (κ3) is 2.60. The first-order chi connectivity index (χ1) is 10.6. The van der Waals surface area contributed by atoms with Gasteiger partial charge >= 0.3 is 0 Å². The number of amides is 1. The van der Waals surface area contributed by atoms with E-state index in [1.54, 1.807) is 18.2 Å². The molecule has 116 valence electrons. The van der Waals surface area contributed by atoms with Gasteiger partial charge in [-0.15, -0.1) is 0 Å². The highest BCUT2D eigenvalue weighted by atomic mass is 16.5. The fourth-order valence-corrected chi connectivity index (χ4v) is 3.02. The maximum atomic E-state index is 12.8. The molecule has 3 rings (SSSR count). The molecule has 1 aromatic heterocycles. The van der Waals surface area contributed by atoms with Crippen molar-refractivity contribution in [3.05, 3.63) is 53.3 Å². The smallest absolute Gasteiger partial charge is 0.271 e. The molecule has 0 spiro atoms. The molecule has 1 aliphatic rings. The van der Waals surface area contributed by atoms with Crippen LogP contribution >= 0.6 is 0 Å². The highest BCUT2D eigenvalue weighted by Gasteiger charge is 2.36. The van der Waals surface area contributed by atoms with E-state index >= 15 is 0 Å². The fourth-order valence-electron chi connectivity index (χ4n) is 3.02. The van der Waals surface area contributed by atoms with E-state index in [0.29, 0.717) is 18.7 Å². The number of benzene rings is 1. The number of nitrogens with zero attached hydrogens (tertiary/aromatic N) is 1. The number of H-pyrrole nitrogens is 1. The van der Waals surface area contributed by atoms with Gasteiger partial charge in [-0.25, -0.2) is 0 Å². The summed E-state index contributed by atoms with van der Waals surface area (Å²) >= 11 is 0. The molecular formula is C17H20N2O3. The Morgan fingerprint density at radius 3 is 2.91 bits per heavy atom. The summed E-state index contributed by atoms with van der Waals surface area (Å²) in [7, 11) is 1.62. The monoisotopic (exact) mass is 300 g/mol. The molecule has 1 fully saturated rings. The van der Waals surface area contributed by atoms with E-state index in [1.807, 2.05) is 37.3 Å².